The summed E-state index contributed by atoms with van der Waals surface area (Å²) in [5, 5.41) is 0. The van der Waals surface area contributed by atoms with Gasteiger partial charge in [-0.15, -0.1) is 0 Å². The van der Waals surface area contributed by atoms with Crippen LogP contribution in [0.5, 0.6) is 0 Å². The quantitative estimate of drug-likeness (QED) is 0.864. The Kier molecular flexibility index (Phi) is 2.52. The molecule has 4 heteroatoms. The van der Waals surface area contributed by atoms with Crippen molar-refractivity contribution < 1.29 is 4.39 Å². The molecule has 2 aliphatic carbocycles. The summed E-state index contributed by atoms with van der Waals surface area (Å²) in [6.45, 7) is 6.92. The van der Waals surface area contributed by atoms with Gasteiger partial charge in [0.1, 0.15) is 5.82 Å². The molecule has 22 heavy (non-hydrogen) atoms. The topological polar surface area (TPSA) is 51.8 Å². The molecule has 2 aromatic rings. The van der Waals surface area contributed by atoms with Gasteiger partial charge in [-0.05, 0) is 48.4 Å². The predicted molar refractivity (Wildman–Crippen MR) is 84.9 cm³/mol. The molecule has 0 aliphatic heterocycles. The molecule has 0 saturated heterocycles. The molecule has 2 bridgehead atoms. The highest BCUT2D eigenvalue weighted by molar-refractivity contribution is 5.69. The van der Waals surface area contributed by atoms with E-state index in [1.807, 2.05) is 0 Å². The molecule has 1 saturated carbocycles. The number of halogens is 1. The second-order valence-electron chi connectivity index (χ2n) is 7.34. The smallest absolute Gasteiger partial charge is 0.220 e. The lowest BCUT2D eigenvalue weighted by atomic mass is 9.70. The van der Waals surface area contributed by atoms with Crippen LogP contribution in [0.1, 0.15) is 50.8 Å². The Morgan fingerprint density at radius 1 is 1.14 bits per heavy atom. The van der Waals surface area contributed by atoms with E-state index in [0.29, 0.717) is 11.9 Å². The summed E-state index contributed by atoms with van der Waals surface area (Å²) in [5.74, 6) is 0.507. The molecular weight excluding hydrogens is 277 g/mol. The van der Waals surface area contributed by atoms with Crippen LogP contribution in [-0.4, -0.2) is 9.97 Å². The third kappa shape index (κ3) is 1.50. The van der Waals surface area contributed by atoms with E-state index >= 15 is 0 Å². The van der Waals surface area contributed by atoms with E-state index in [1.54, 1.807) is 12.1 Å². The number of benzene rings is 1. The van der Waals surface area contributed by atoms with Crippen molar-refractivity contribution in [2.45, 2.75) is 44.9 Å². The second-order valence-corrected chi connectivity index (χ2v) is 7.34. The standard InChI is InChI=1S/C18H20FN3/c1-17(2)12-8-9-18(17,3)15-13(12)14(21-16(20)22-15)10-4-6-11(19)7-5-10/h4-7,12H,8-9H2,1-3H3,(H2,20,21,22). The second kappa shape index (κ2) is 4.06. The summed E-state index contributed by atoms with van der Waals surface area (Å²) in [6, 6.07) is 6.50. The fourth-order valence-electron chi connectivity index (χ4n) is 4.49. The third-order valence-electron chi connectivity index (χ3n) is 6.18. The van der Waals surface area contributed by atoms with Gasteiger partial charge < -0.3 is 5.73 Å². The molecule has 1 aromatic carbocycles. The van der Waals surface area contributed by atoms with Crippen molar-refractivity contribution in [2.24, 2.45) is 5.41 Å². The highest BCUT2D eigenvalue weighted by Crippen LogP contribution is 2.68. The number of hydrogen-bond donors (Lipinski definition) is 1. The minimum absolute atomic E-state index is 0.0405. The van der Waals surface area contributed by atoms with Crippen LogP contribution in [0.15, 0.2) is 24.3 Å². The van der Waals surface area contributed by atoms with Gasteiger partial charge in [-0.2, -0.15) is 0 Å². The molecule has 2 atom stereocenters. The van der Waals surface area contributed by atoms with Gasteiger partial charge in [0.05, 0.1) is 11.4 Å². The van der Waals surface area contributed by atoms with Crippen molar-refractivity contribution in [1.82, 2.24) is 9.97 Å². The summed E-state index contributed by atoms with van der Waals surface area (Å²) in [5.41, 5.74) is 10.3. The fourth-order valence-corrected chi connectivity index (χ4v) is 4.49. The van der Waals surface area contributed by atoms with Gasteiger partial charge in [0.2, 0.25) is 5.95 Å². The number of fused-ring (bicyclic) bond motifs is 5. The van der Waals surface area contributed by atoms with E-state index in [0.717, 1.165) is 29.8 Å². The number of aromatic nitrogens is 2. The first kappa shape index (κ1) is 13.7. The summed E-state index contributed by atoms with van der Waals surface area (Å²) < 4.78 is 13.2. The number of rotatable bonds is 1. The molecule has 114 valence electrons. The van der Waals surface area contributed by atoms with E-state index in [2.05, 4.69) is 30.7 Å². The Morgan fingerprint density at radius 2 is 1.82 bits per heavy atom. The van der Waals surface area contributed by atoms with Gasteiger partial charge in [-0.1, -0.05) is 20.8 Å². The summed E-state index contributed by atoms with van der Waals surface area (Å²) in [7, 11) is 0. The maximum Gasteiger partial charge on any atom is 0.220 e. The molecule has 1 fully saturated rings. The number of anilines is 1. The van der Waals surface area contributed by atoms with Crippen molar-refractivity contribution in [1.29, 1.82) is 0 Å². The third-order valence-corrected chi connectivity index (χ3v) is 6.18. The molecule has 2 unspecified atom stereocenters. The Hall–Kier alpha value is -1.97. The zero-order chi connectivity index (χ0) is 15.7. The van der Waals surface area contributed by atoms with Crippen LogP contribution in [0.25, 0.3) is 11.3 Å². The first-order chi connectivity index (χ1) is 10.3. The largest absolute Gasteiger partial charge is 0.368 e. The maximum absolute atomic E-state index is 13.2. The van der Waals surface area contributed by atoms with Crippen molar-refractivity contribution >= 4 is 5.95 Å². The fraction of sp³-hybridized carbons (Fsp3) is 0.444. The normalized spacial score (nSPS) is 27.9. The molecule has 2 aliphatic rings. The lowest BCUT2D eigenvalue weighted by molar-refractivity contribution is 0.227. The molecule has 1 heterocycles. The van der Waals surface area contributed by atoms with E-state index in [4.69, 9.17) is 5.73 Å². The SMILES string of the molecule is CC12CCC(c3c(-c4ccc(F)cc4)nc(N)nc31)C2(C)C. The number of nitrogens with zero attached hydrogens (tertiary/aromatic N) is 2. The Labute approximate surface area is 129 Å². The lowest BCUT2D eigenvalue weighted by Gasteiger charge is -2.34. The molecule has 0 radical (unpaired) electrons. The van der Waals surface area contributed by atoms with Crippen LogP contribution in [0.2, 0.25) is 0 Å². The minimum Gasteiger partial charge on any atom is -0.368 e. The van der Waals surface area contributed by atoms with E-state index < -0.39 is 0 Å². The first-order valence-electron chi connectivity index (χ1n) is 7.78. The van der Waals surface area contributed by atoms with Crippen molar-refractivity contribution in [2.75, 3.05) is 5.73 Å². The van der Waals surface area contributed by atoms with E-state index in [9.17, 15) is 4.39 Å². The van der Waals surface area contributed by atoms with Crippen molar-refractivity contribution in [3.8, 4) is 11.3 Å². The number of hydrogen-bond acceptors (Lipinski definition) is 3. The molecule has 0 spiro atoms. The predicted octanol–water partition coefficient (Wildman–Crippen LogP) is 4.04. The average molecular weight is 297 g/mol. The summed E-state index contributed by atoms with van der Waals surface area (Å²) >= 11 is 0. The van der Waals surface area contributed by atoms with Gasteiger partial charge >= 0.3 is 0 Å². The van der Waals surface area contributed by atoms with Crippen LogP contribution in [0, 0.1) is 11.2 Å². The summed E-state index contributed by atoms with van der Waals surface area (Å²) in [4.78, 5) is 9.10. The molecule has 2 N–H and O–H groups in total. The van der Waals surface area contributed by atoms with Crippen LogP contribution < -0.4 is 5.73 Å². The van der Waals surface area contributed by atoms with Crippen LogP contribution in [-0.2, 0) is 5.41 Å². The zero-order valence-electron chi connectivity index (χ0n) is 13.2. The maximum atomic E-state index is 13.2. The van der Waals surface area contributed by atoms with Gasteiger partial charge in [-0.25, -0.2) is 14.4 Å². The van der Waals surface area contributed by atoms with Crippen LogP contribution in [0.4, 0.5) is 10.3 Å². The van der Waals surface area contributed by atoms with E-state index in [-0.39, 0.29) is 16.6 Å². The van der Waals surface area contributed by atoms with E-state index in [1.165, 1.54) is 17.7 Å². The van der Waals surface area contributed by atoms with Crippen LogP contribution >= 0.6 is 0 Å². The molecular formula is C18H20FN3. The summed E-state index contributed by atoms with van der Waals surface area (Å²) in [6.07, 6.45) is 2.29. The zero-order valence-corrected chi connectivity index (χ0v) is 13.2. The number of nitrogen functional groups attached to an aromatic ring is 1. The van der Waals surface area contributed by atoms with Crippen molar-refractivity contribution in [3.63, 3.8) is 0 Å². The van der Waals surface area contributed by atoms with Crippen molar-refractivity contribution in [3.05, 3.63) is 41.3 Å². The highest BCUT2D eigenvalue weighted by Gasteiger charge is 2.61. The minimum atomic E-state index is -0.240. The average Bonchev–Trinajstić information content (AvgIpc) is 2.79. The Morgan fingerprint density at radius 3 is 2.50 bits per heavy atom. The van der Waals surface area contributed by atoms with Gasteiger partial charge in [0.15, 0.2) is 0 Å². The first-order valence-corrected chi connectivity index (χ1v) is 7.78. The molecule has 1 aromatic heterocycles. The van der Waals surface area contributed by atoms with Gasteiger partial charge in [0, 0.05) is 16.5 Å². The Bertz CT molecular complexity index is 767. The number of nitrogens with two attached hydrogens (primary N) is 1. The highest BCUT2D eigenvalue weighted by atomic mass is 19.1. The lowest BCUT2D eigenvalue weighted by Crippen LogP contribution is -2.32. The molecule has 3 nitrogen and oxygen atoms in total. The monoisotopic (exact) mass is 297 g/mol. The molecule has 0 amide bonds. The van der Waals surface area contributed by atoms with Gasteiger partial charge in [-0.3, -0.25) is 0 Å². The van der Waals surface area contributed by atoms with Gasteiger partial charge in [0.25, 0.3) is 0 Å². The molecule has 4 rings (SSSR count). The van der Waals surface area contributed by atoms with Crippen LogP contribution in [0.3, 0.4) is 0 Å². The Balaban J connectivity index is 2.00.